The number of fused-ring (bicyclic) bond motifs is 1. The minimum absolute atomic E-state index is 0. The first kappa shape index (κ1) is 14.1. The summed E-state index contributed by atoms with van der Waals surface area (Å²) in [6.07, 6.45) is 1.98. The molecule has 0 saturated carbocycles. The Morgan fingerprint density at radius 3 is 2.42 bits per heavy atom. The summed E-state index contributed by atoms with van der Waals surface area (Å²) in [7, 11) is 0. The summed E-state index contributed by atoms with van der Waals surface area (Å²) in [6.45, 7) is 7.83. The minimum atomic E-state index is 0. The molecular weight excluding hydrogens is 258 g/mol. The molecule has 0 spiro atoms. The number of halogens is 1. The van der Waals surface area contributed by atoms with E-state index in [1.807, 2.05) is 6.20 Å². The summed E-state index contributed by atoms with van der Waals surface area (Å²) >= 11 is 0. The molecule has 1 aliphatic heterocycles. The molecule has 19 heavy (non-hydrogen) atoms. The van der Waals surface area contributed by atoms with Gasteiger partial charge in [0.2, 0.25) is 0 Å². The van der Waals surface area contributed by atoms with E-state index < -0.39 is 0 Å². The number of rotatable bonds is 2. The molecule has 0 radical (unpaired) electrons. The third-order valence-electron chi connectivity index (χ3n) is 3.76. The van der Waals surface area contributed by atoms with Crippen LogP contribution in [0.3, 0.4) is 0 Å². The molecule has 0 N–H and O–H groups in total. The summed E-state index contributed by atoms with van der Waals surface area (Å²) in [5.41, 5.74) is 0. The zero-order valence-corrected chi connectivity index (χ0v) is 12.1. The van der Waals surface area contributed by atoms with E-state index in [1.54, 1.807) is 0 Å². The van der Waals surface area contributed by atoms with Crippen molar-refractivity contribution < 1.29 is 0 Å². The van der Waals surface area contributed by atoms with Gasteiger partial charge in [-0.2, -0.15) is 0 Å². The van der Waals surface area contributed by atoms with Crippen LogP contribution in [0.1, 0.15) is 6.92 Å². The molecule has 0 aliphatic carbocycles. The van der Waals surface area contributed by atoms with Crippen LogP contribution in [0.2, 0.25) is 0 Å². The van der Waals surface area contributed by atoms with Crippen molar-refractivity contribution in [3.05, 3.63) is 36.5 Å². The van der Waals surface area contributed by atoms with Gasteiger partial charge >= 0.3 is 0 Å². The Morgan fingerprint density at radius 2 is 1.74 bits per heavy atom. The van der Waals surface area contributed by atoms with E-state index in [4.69, 9.17) is 0 Å². The first-order chi connectivity index (χ1) is 8.86. The van der Waals surface area contributed by atoms with Gasteiger partial charge in [0.05, 0.1) is 0 Å². The molecule has 3 rings (SSSR count). The van der Waals surface area contributed by atoms with E-state index in [-0.39, 0.29) is 12.4 Å². The Labute approximate surface area is 120 Å². The highest BCUT2D eigenvalue weighted by Crippen LogP contribution is 2.20. The zero-order chi connectivity index (χ0) is 12.4. The number of piperazine rings is 1. The highest BCUT2D eigenvalue weighted by atomic mass is 35.5. The molecule has 1 aromatic heterocycles. The summed E-state index contributed by atoms with van der Waals surface area (Å²) in [6, 6.07) is 10.6. The lowest BCUT2D eigenvalue weighted by molar-refractivity contribution is 0.270. The molecule has 1 saturated heterocycles. The molecule has 1 aliphatic rings. The number of likely N-dealkylation sites (N-methyl/N-ethyl adjacent to an activating group) is 1. The van der Waals surface area contributed by atoms with E-state index in [0.29, 0.717) is 0 Å². The summed E-state index contributed by atoms with van der Waals surface area (Å²) in [5, 5.41) is 2.49. The third kappa shape index (κ3) is 2.99. The Balaban J connectivity index is 0.00000133. The van der Waals surface area contributed by atoms with Crippen molar-refractivity contribution in [1.29, 1.82) is 0 Å². The van der Waals surface area contributed by atoms with Crippen molar-refractivity contribution in [2.45, 2.75) is 6.92 Å². The van der Waals surface area contributed by atoms with Crippen molar-refractivity contribution in [2.75, 3.05) is 37.6 Å². The average Bonchev–Trinajstić information content (AvgIpc) is 2.47. The lowest BCUT2D eigenvalue weighted by Crippen LogP contribution is -2.46. The van der Waals surface area contributed by atoms with Crippen molar-refractivity contribution in [3.8, 4) is 0 Å². The summed E-state index contributed by atoms with van der Waals surface area (Å²) < 4.78 is 0. The van der Waals surface area contributed by atoms with Crippen LogP contribution in [0.4, 0.5) is 5.82 Å². The second kappa shape index (κ2) is 6.22. The Kier molecular flexibility index (Phi) is 4.61. The van der Waals surface area contributed by atoms with Crippen LogP contribution in [0.15, 0.2) is 36.5 Å². The second-order valence-electron chi connectivity index (χ2n) is 4.81. The second-order valence-corrected chi connectivity index (χ2v) is 4.81. The normalized spacial score (nSPS) is 16.4. The van der Waals surface area contributed by atoms with Crippen LogP contribution in [0.25, 0.3) is 10.8 Å². The van der Waals surface area contributed by atoms with Gasteiger partial charge in [-0.1, -0.05) is 31.2 Å². The van der Waals surface area contributed by atoms with Gasteiger partial charge in [0, 0.05) is 37.8 Å². The first-order valence-corrected chi connectivity index (χ1v) is 6.69. The molecule has 0 unspecified atom stereocenters. The fourth-order valence-corrected chi connectivity index (χ4v) is 2.54. The molecule has 0 atom stereocenters. The number of anilines is 1. The van der Waals surface area contributed by atoms with Gasteiger partial charge < -0.3 is 9.80 Å². The fourth-order valence-electron chi connectivity index (χ4n) is 2.54. The monoisotopic (exact) mass is 277 g/mol. The van der Waals surface area contributed by atoms with E-state index in [9.17, 15) is 0 Å². The van der Waals surface area contributed by atoms with Crippen molar-refractivity contribution in [3.63, 3.8) is 0 Å². The Morgan fingerprint density at radius 1 is 1.05 bits per heavy atom. The number of nitrogens with zero attached hydrogens (tertiary/aromatic N) is 3. The smallest absolute Gasteiger partial charge is 0.129 e. The molecule has 1 fully saturated rings. The van der Waals surface area contributed by atoms with Crippen molar-refractivity contribution >= 4 is 29.0 Å². The molecule has 102 valence electrons. The number of pyridine rings is 1. The highest BCUT2D eigenvalue weighted by Gasteiger charge is 2.16. The van der Waals surface area contributed by atoms with Crippen LogP contribution in [-0.4, -0.2) is 42.6 Å². The number of hydrogen-bond donors (Lipinski definition) is 0. The number of aromatic nitrogens is 1. The maximum Gasteiger partial charge on any atom is 0.129 e. The van der Waals surface area contributed by atoms with Crippen LogP contribution in [-0.2, 0) is 0 Å². The standard InChI is InChI=1S/C15H19N3.ClH/c1-2-17-7-9-18(10-8-17)15-11-13-5-3-4-6-14(13)12-16-15;/h3-6,11-12H,2,7-10H2,1H3;1H. The number of benzene rings is 1. The van der Waals surface area contributed by atoms with Crippen molar-refractivity contribution in [1.82, 2.24) is 9.88 Å². The third-order valence-corrected chi connectivity index (χ3v) is 3.76. The van der Waals surface area contributed by atoms with Crippen LogP contribution >= 0.6 is 12.4 Å². The maximum atomic E-state index is 4.59. The predicted molar refractivity (Wildman–Crippen MR) is 83.3 cm³/mol. The van der Waals surface area contributed by atoms with Gasteiger partial charge in [0.25, 0.3) is 0 Å². The van der Waals surface area contributed by atoms with Crippen LogP contribution in [0, 0.1) is 0 Å². The molecule has 3 nitrogen and oxygen atoms in total. The van der Waals surface area contributed by atoms with Gasteiger partial charge in [-0.15, -0.1) is 12.4 Å². The molecule has 1 aromatic carbocycles. The summed E-state index contributed by atoms with van der Waals surface area (Å²) in [4.78, 5) is 9.46. The SMILES string of the molecule is CCN1CCN(c2cc3ccccc3cn2)CC1.Cl. The maximum absolute atomic E-state index is 4.59. The Bertz CT molecular complexity index is 536. The molecule has 2 aromatic rings. The van der Waals surface area contributed by atoms with E-state index >= 15 is 0 Å². The largest absolute Gasteiger partial charge is 0.354 e. The lowest BCUT2D eigenvalue weighted by atomic mass is 10.2. The molecule has 4 heteroatoms. The van der Waals surface area contributed by atoms with Gasteiger partial charge in [-0.05, 0) is 18.0 Å². The molecular formula is C15H20ClN3. The predicted octanol–water partition coefficient (Wildman–Crippen LogP) is 2.80. The zero-order valence-electron chi connectivity index (χ0n) is 11.2. The topological polar surface area (TPSA) is 19.4 Å². The quantitative estimate of drug-likeness (QED) is 0.841. The molecule has 0 bridgehead atoms. The van der Waals surface area contributed by atoms with Gasteiger partial charge in [0.15, 0.2) is 0 Å². The molecule has 0 amide bonds. The van der Waals surface area contributed by atoms with Crippen LogP contribution < -0.4 is 4.90 Å². The number of hydrogen-bond acceptors (Lipinski definition) is 3. The first-order valence-electron chi connectivity index (χ1n) is 6.69. The van der Waals surface area contributed by atoms with Gasteiger partial charge in [-0.25, -0.2) is 4.98 Å². The average molecular weight is 278 g/mol. The van der Waals surface area contributed by atoms with Gasteiger partial charge in [0.1, 0.15) is 5.82 Å². The van der Waals surface area contributed by atoms with Crippen LogP contribution in [0.5, 0.6) is 0 Å². The van der Waals surface area contributed by atoms with E-state index in [0.717, 1.165) is 38.5 Å². The van der Waals surface area contributed by atoms with E-state index in [1.165, 1.54) is 10.8 Å². The molecule has 2 heterocycles. The summed E-state index contributed by atoms with van der Waals surface area (Å²) in [5.74, 6) is 1.12. The van der Waals surface area contributed by atoms with Crippen molar-refractivity contribution in [2.24, 2.45) is 0 Å². The van der Waals surface area contributed by atoms with Gasteiger partial charge in [-0.3, -0.25) is 0 Å². The lowest BCUT2D eigenvalue weighted by Gasteiger charge is -2.34. The Hall–Kier alpha value is -1.32. The fraction of sp³-hybridized carbons (Fsp3) is 0.400. The highest BCUT2D eigenvalue weighted by molar-refractivity contribution is 5.85. The van der Waals surface area contributed by atoms with E-state index in [2.05, 4.69) is 52.0 Å². The minimum Gasteiger partial charge on any atom is -0.354 e.